The Hall–Kier alpha value is -2.14. The van der Waals surface area contributed by atoms with Gasteiger partial charge in [-0.2, -0.15) is 0 Å². The molecule has 108 valence electrons. The molecule has 0 atom stereocenters. The van der Waals surface area contributed by atoms with Crippen molar-refractivity contribution in [2.24, 2.45) is 0 Å². The van der Waals surface area contributed by atoms with E-state index in [4.69, 9.17) is 0 Å². The van der Waals surface area contributed by atoms with Gasteiger partial charge in [0.1, 0.15) is 0 Å². The van der Waals surface area contributed by atoms with Gasteiger partial charge in [0.05, 0.1) is 11.1 Å². The summed E-state index contributed by atoms with van der Waals surface area (Å²) in [4.78, 5) is 23.6. The molecule has 0 bridgehead atoms. The molecular formula is C18H13NNaO3+. The molecule has 0 aliphatic heterocycles. The van der Waals surface area contributed by atoms with Crippen molar-refractivity contribution >= 4 is 28.3 Å². The number of benzene rings is 3. The molecule has 0 saturated heterocycles. The standard InChI is InChI=1S/C18H13NO3.Na/c20-17(14-9-3-4-10-15(14)18(21)22)19-16-11-5-7-12-6-1-2-8-13(12)16;/h1-11H,(H,19,20)(H,21,22);/q;+1. The minimum absolute atomic E-state index is 0. The van der Waals surface area contributed by atoms with E-state index in [-0.39, 0.29) is 40.7 Å². The zero-order valence-corrected chi connectivity index (χ0v) is 14.6. The molecule has 23 heavy (non-hydrogen) atoms. The van der Waals surface area contributed by atoms with Crippen LogP contribution in [0.15, 0.2) is 66.7 Å². The van der Waals surface area contributed by atoms with Gasteiger partial charge in [-0.15, -0.1) is 0 Å². The summed E-state index contributed by atoms with van der Waals surface area (Å²) in [6.45, 7) is 0. The Bertz CT molecular complexity index is 872. The molecule has 5 heteroatoms. The van der Waals surface area contributed by atoms with Crippen LogP contribution in [0.4, 0.5) is 5.69 Å². The van der Waals surface area contributed by atoms with E-state index in [1.807, 2.05) is 36.4 Å². The Balaban J connectivity index is 0.00000192. The van der Waals surface area contributed by atoms with Crippen LogP contribution in [0.25, 0.3) is 10.8 Å². The van der Waals surface area contributed by atoms with E-state index < -0.39 is 11.9 Å². The van der Waals surface area contributed by atoms with Gasteiger partial charge in [0.15, 0.2) is 0 Å². The maximum absolute atomic E-state index is 12.4. The molecule has 0 aliphatic carbocycles. The van der Waals surface area contributed by atoms with Gasteiger partial charge in [-0.3, -0.25) is 4.79 Å². The fraction of sp³-hybridized carbons (Fsp3) is 0. The second kappa shape index (κ2) is 7.42. The van der Waals surface area contributed by atoms with Gasteiger partial charge in [0, 0.05) is 11.1 Å². The minimum atomic E-state index is -1.12. The predicted molar refractivity (Wildman–Crippen MR) is 85.3 cm³/mol. The van der Waals surface area contributed by atoms with E-state index in [0.717, 1.165) is 10.8 Å². The second-order valence-corrected chi connectivity index (χ2v) is 4.83. The van der Waals surface area contributed by atoms with Crippen LogP contribution in [-0.4, -0.2) is 17.0 Å². The van der Waals surface area contributed by atoms with Crippen molar-refractivity contribution in [1.29, 1.82) is 0 Å². The summed E-state index contributed by atoms with van der Waals surface area (Å²) >= 11 is 0. The Morgan fingerprint density at radius 3 is 2.13 bits per heavy atom. The summed E-state index contributed by atoms with van der Waals surface area (Å²) in [6, 6.07) is 19.4. The molecule has 3 aromatic carbocycles. The zero-order chi connectivity index (χ0) is 15.5. The summed E-state index contributed by atoms with van der Waals surface area (Å²) in [7, 11) is 0. The van der Waals surface area contributed by atoms with E-state index in [9.17, 15) is 14.7 Å². The van der Waals surface area contributed by atoms with Crippen LogP contribution in [0.3, 0.4) is 0 Å². The molecule has 0 saturated carbocycles. The van der Waals surface area contributed by atoms with Crippen molar-refractivity contribution in [3.05, 3.63) is 77.9 Å². The van der Waals surface area contributed by atoms with Crippen LogP contribution in [-0.2, 0) is 0 Å². The number of hydrogen-bond donors (Lipinski definition) is 2. The summed E-state index contributed by atoms with van der Waals surface area (Å²) in [5, 5.41) is 13.9. The van der Waals surface area contributed by atoms with Gasteiger partial charge in [-0.05, 0) is 23.6 Å². The van der Waals surface area contributed by atoms with Crippen LogP contribution in [0.5, 0.6) is 0 Å². The first-order valence-electron chi connectivity index (χ1n) is 6.78. The first kappa shape index (κ1) is 17.2. The van der Waals surface area contributed by atoms with Gasteiger partial charge in [-0.25, -0.2) is 4.79 Å². The van der Waals surface area contributed by atoms with Gasteiger partial charge < -0.3 is 10.4 Å². The molecule has 3 rings (SSSR count). The van der Waals surface area contributed by atoms with Gasteiger partial charge >= 0.3 is 35.5 Å². The molecular weight excluding hydrogens is 301 g/mol. The zero-order valence-electron chi connectivity index (χ0n) is 12.6. The third-order valence-electron chi connectivity index (χ3n) is 3.44. The summed E-state index contributed by atoms with van der Waals surface area (Å²) in [6.07, 6.45) is 0. The predicted octanol–water partition coefficient (Wildman–Crippen LogP) is 0.794. The largest absolute Gasteiger partial charge is 1.00 e. The van der Waals surface area contributed by atoms with E-state index in [1.165, 1.54) is 12.1 Å². The molecule has 4 nitrogen and oxygen atoms in total. The number of anilines is 1. The fourth-order valence-electron chi connectivity index (χ4n) is 2.39. The number of amides is 1. The average Bonchev–Trinajstić information content (AvgIpc) is 2.55. The van der Waals surface area contributed by atoms with E-state index >= 15 is 0 Å². The second-order valence-electron chi connectivity index (χ2n) is 4.83. The molecule has 0 radical (unpaired) electrons. The Labute approximate surface area is 155 Å². The number of carboxylic acid groups (broad SMARTS) is 1. The van der Waals surface area contributed by atoms with Crippen LogP contribution in [0.2, 0.25) is 0 Å². The minimum Gasteiger partial charge on any atom is -0.478 e. The number of carboxylic acids is 1. The summed E-state index contributed by atoms with van der Waals surface area (Å²) in [5.41, 5.74) is 0.784. The number of nitrogens with one attached hydrogen (secondary N) is 1. The van der Waals surface area contributed by atoms with Crippen LogP contribution < -0.4 is 34.9 Å². The van der Waals surface area contributed by atoms with Crippen molar-refractivity contribution in [3.63, 3.8) is 0 Å². The van der Waals surface area contributed by atoms with Crippen LogP contribution in [0.1, 0.15) is 20.7 Å². The SMILES string of the molecule is O=C(O)c1ccccc1C(=O)Nc1cccc2ccccc12.[Na+]. The Morgan fingerprint density at radius 1 is 0.783 bits per heavy atom. The van der Waals surface area contributed by atoms with Crippen molar-refractivity contribution in [2.75, 3.05) is 5.32 Å². The van der Waals surface area contributed by atoms with Crippen molar-refractivity contribution < 1.29 is 44.3 Å². The third-order valence-corrected chi connectivity index (χ3v) is 3.44. The van der Waals surface area contributed by atoms with Crippen LogP contribution in [0, 0.1) is 0 Å². The van der Waals surface area contributed by atoms with Crippen molar-refractivity contribution in [1.82, 2.24) is 0 Å². The molecule has 0 heterocycles. The van der Waals surface area contributed by atoms with Gasteiger partial charge in [0.25, 0.3) is 5.91 Å². The van der Waals surface area contributed by atoms with Crippen LogP contribution >= 0.6 is 0 Å². The number of fused-ring (bicyclic) bond motifs is 1. The third kappa shape index (κ3) is 3.62. The topological polar surface area (TPSA) is 66.4 Å². The fourth-order valence-corrected chi connectivity index (χ4v) is 2.39. The molecule has 0 aliphatic rings. The quantitative estimate of drug-likeness (QED) is 0.703. The smallest absolute Gasteiger partial charge is 0.478 e. The number of carbonyl (C=O) groups excluding carboxylic acids is 1. The summed E-state index contributed by atoms with van der Waals surface area (Å²) in [5.74, 6) is -1.56. The maximum atomic E-state index is 12.4. The number of carbonyl (C=O) groups is 2. The molecule has 0 aromatic heterocycles. The van der Waals surface area contributed by atoms with Crippen molar-refractivity contribution in [2.45, 2.75) is 0 Å². The van der Waals surface area contributed by atoms with Gasteiger partial charge in [0.2, 0.25) is 0 Å². The first-order valence-corrected chi connectivity index (χ1v) is 6.78. The van der Waals surface area contributed by atoms with E-state index in [1.54, 1.807) is 18.2 Å². The average molecular weight is 314 g/mol. The van der Waals surface area contributed by atoms with E-state index in [2.05, 4.69) is 5.32 Å². The number of aromatic carboxylic acids is 1. The maximum Gasteiger partial charge on any atom is 1.00 e. The Kier molecular flexibility index (Phi) is 5.55. The molecule has 0 spiro atoms. The molecule has 3 aromatic rings. The van der Waals surface area contributed by atoms with E-state index in [0.29, 0.717) is 5.69 Å². The number of hydrogen-bond acceptors (Lipinski definition) is 2. The molecule has 0 fully saturated rings. The monoisotopic (exact) mass is 314 g/mol. The molecule has 1 amide bonds. The molecule has 0 unspecified atom stereocenters. The Morgan fingerprint density at radius 2 is 1.39 bits per heavy atom. The van der Waals surface area contributed by atoms with Crippen molar-refractivity contribution in [3.8, 4) is 0 Å². The normalized spacial score (nSPS) is 9.91. The summed E-state index contributed by atoms with van der Waals surface area (Å²) < 4.78 is 0. The number of rotatable bonds is 3. The molecule has 2 N–H and O–H groups in total. The van der Waals surface area contributed by atoms with Gasteiger partial charge in [-0.1, -0.05) is 48.5 Å². The first-order chi connectivity index (χ1) is 10.7.